The lowest BCUT2D eigenvalue weighted by Gasteiger charge is -2.33. The van der Waals surface area contributed by atoms with E-state index in [1.54, 1.807) is 25.1 Å². The number of likely N-dealkylation sites (N-methyl/N-ethyl adjacent to an activating group) is 1. The van der Waals surface area contributed by atoms with Crippen LogP contribution in [0.5, 0.6) is 0 Å². The Labute approximate surface area is 203 Å². The highest BCUT2D eigenvalue weighted by Crippen LogP contribution is 2.28. The lowest BCUT2D eigenvalue weighted by Crippen LogP contribution is -2.51. The average Bonchev–Trinajstić information content (AvgIpc) is 2.73. The Hall–Kier alpha value is -2.00. The van der Waals surface area contributed by atoms with Gasteiger partial charge in [-0.2, -0.15) is 0 Å². The first kappa shape index (κ1) is 26.3. The zero-order chi connectivity index (χ0) is 24.1. The van der Waals surface area contributed by atoms with E-state index < -0.39 is 28.5 Å². The highest BCUT2D eigenvalue weighted by atomic mass is 35.5. The lowest BCUT2D eigenvalue weighted by molar-refractivity contribution is -0.140. The van der Waals surface area contributed by atoms with Crippen molar-refractivity contribution in [1.29, 1.82) is 0 Å². The Morgan fingerprint density at radius 1 is 1.03 bits per heavy atom. The predicted molar refractivity (Wildman–Crippen MR) is 129 cm³/mol. The van der Waals surface area contributed by atoms with Crippen LogP contribution in [0, 0.1) is 0 Å². The molecule has 0 unspecified atom stereocenters. The Kier molecular flexibility index (Phi) is 9.21. The third kappa shape index (κ3) is 6.51. The van der Waals surface area contributed by atoms with E-state index in [9.17, 15) is 18.0 Å². The zero-order valence-electron chi connectivity index (χ0n) is 17.8. The first-order valence-electron chi connectivity index (χ1n) is 9.66. The van der Waals surface area contributed by atoms with Crippen LogP contribution < -0.4 is 9.62 Å². The number of benzene rings is 2. The van der Waals surface area contributed by atoms with Gasteiger partial charge in [-0.25, -0.2) is 8.42 Å². The van der Waals surface area contributed by atoms with Crippen LogP contribution in [0.2, 0.25) is 15.1 Å². The number of halogens is 3. The summed E-state index contributed by atoms with van der Waals surface area (Å²) < 4.78 is 25.9. The van der Waals surface area contributed by atoms with Crippen molar-refractivity contribution in [2.45, 2.75) is 25.9 Å². The van der Waals surface area contributed by atoms with Crippen LogP contribution in [0.3, 0.4) is 0 Å². The summed E-state index contributed by atoms with van der Waals surface area (Å²) in [7, 11) is -2.35. The van der Waals surface area contributed by atoms with E-state index in [0.717, 1.165) is 10.6 Å². The molecule has 7 nitrogen and oxygen atoms in total. The first-order chi connectivity index (χ1) is 15.0. The number of carbonyl (C=O) groups excluding carboxylic acids is 2. The van der Waals surface area contributed by atoms with E-state index in [1.165, 1.54) is 36.2 Å². The summed E-state index contributed by atoms with van der Waals surface area (Å²) in [5, 5.41) is 3.63. The zero-order valence-corrected chi connectivity index (χ0v) is 20.9. The van der Waals surface area contributed by atoms with Crippen LogP contribution in [0.25, 0.3) is 0 Å². The fourth-order valence-corrected chi connectivity index (χ4v) is 4.65. The Morgan fingerprint density at radius 3 is 2.06 bits per heavy atom. The number of nitrogens with zero attached hydrogens (tertiary/aromatic N) is 2. The van der Waals surface area contributed by atoms with Gasteiger partial charge in [0, 0.05) is 34.2 Å². The second kappa shape index (κ2) is 11.2. The molecule has 2 aromatic rings. The van der Waals surface area contributed by atoms with Gasteiger partial charge in [-0.1, -0.05) is 47.8 Å². The molecule has 2 amide bonds. The smallest absolute Gasteiger partial charge is 0.244 e. The molecule has 32 heavy (non-hydrogen) atoms. The van der Waals surface area contributed by atoms with Gasteiger partial charge in [0.25, 0.3) is 0 Å². The monoisotopic (exact) mass is 519 g/mol. The van der Waals surface area contributed by atoms with Crippen molar-refractivity contribution in [3.63, 3.8) is 0 Å². The standard InChI is InChI=1S/C21H24Cl3N3O4S/c1-4-19(21(29)25-2)26(12-16-17(23)6-5-7-18(16)24)20(28)13-27(32(3,30)31)15-10-8-14(22)9-11-15/h5-11,19H,4,12-13H2,1-3H3,(H,25,29)/t19-/m1/s1. The molecular formula is C21H24Cl3N3O4S. The highest BCUT2D eigenvalue weighted by Gasteiger charge is 2.32. The molecule has 11 heteroatoms. The van der Waals surface area contributed by atoms with Crippen molar-refractivity contribution in [3.8, 4) is 0 Å². The summed E-state index contributed by atoms with van der Waals surface area (Å²) in [6.07, 6.45) is 1.30. The van der Waals surface area contributed by atoms with E-state index in [-0.39, 0.29) is 18.1 Å². The molecule has 0 aliphatic carbocycles. The first-order valence-corrected chi connectivity index (χ1v) is 12.6. The van der Waals surface area contributed by atoms with Gasteiger partial charge in [0.05, 0.1) is 11.9 Å². The Balaban J connectivity index is 2.47. The summed E-state index contributed by atoms with van der Waals surface area (Å²) in [4.78, 5) is 27.2. The number of amides is 2. The summed E-state index contributed by atoms with van der Waals surface area (Å²) in [6.45, 7) is 1.17. The van der Waals surface area contributed by atoms with Crippen LogP contribution in [0.4, 0.5) is 5.69 Å². The topological polar surface area (TPSA) is 86.8 Å². The van der Waals surface area contributed by atoms with Crippen molar-refractivity contribution in [3.05, 3.63) is 63.1 Å². The number of carbonyl (C=O) groups is 2. The van der Waals surface area contributed by atoms with Gasteiger partial charge in [-0.05, 0) is 42.8 Å². The SMILES string of the molecule is CC[C@H](C(=O)NC)N(Cc1c(Cl)cccc1Cl)C(=O)CN(c1ccc(Cl)cc1)S(C)(=O)=O. The fourth-order valence-electron chi connectivity index (χ4n) is 3.16. The van der Waals surface area contributed by atoms with Crippen molar-refractivity contribution in [2.75, 3.05) is 24.2 Å². The van der Waals surface area contributed by atoms with Crippen molar-refractivity contribution >= 4 is 62.3 Å². The summed E-state index contributed by atoms with van der Waals surface area (Å²) in [5.74, 6) is -0.974. The van der Waals surface area contributed by atoms with Crippen LogP contribution in [-0.4, -0.2) is 51.0 Å². The average molecular weight is 521 g/mol. The predicted octanol–water partition coefficient (Wildman–Crippen LogP) is 3.97. The van der Waals surface area contributed by atoms with Gasteiger partial charge in [0.15, 0.2) is 0 Å². The molecule has 1 atom stereocenters. The molecule has 0 radical (unpaired) electrons. The molecule has 1 N–H and O–H groups in total. The quantitative estimate of drug-likeness (QED) is 0.542. The number of hydrogen-bond donors (Lipinski definition) is 1. The largest absolute Gasteiger partial charge is 0.357 e. The summed E-state index contributed by atoms with van der Waals surface area (Å²) in [5.41, 5.74) is 0.734. The molecule has 0 aliphatic rings. The minimum Gasteiger partial charge on any atom is -0.357 e. The van der Waals surface area contributed by atoms with Crippen molar-refractivity contribution in [1.82, 2.24) is 10.2 Å². The molecule has 0 saturated heterocycles. The normalized spacial score (nSPS) is 12.2. The molecular weight excluding hydrogens is 497 g/mol. The Bertz CT molecular complexity index is 1060. The third-order valence-corrected chi connectivity index (χ3v) is 6.92. The van der Waals surface area contributed by atoms with E-state index >= 15 is 0 Å². The Morgan fingerprint density at radius 2 is 1.59 bits per heavy atom. The number of nitrogens with one attached hydrogen (secondary N) is 1. The second-order valence-corrected chi connectivity index (χ2v) is 10.2. The van der Waals surface area contributed by atoms with Crippen LogP contribution in [0.1, 0.15) is 18.9 Å². The van der Waals surface area contributed by atoms with Gasteiger partial charge in [-0.3, -0.25) is 13.9 Å². The number of sulfonamides is 1. The minimum absolute atomic E-state index is 0.0680. The molecule has 0 bridgehead atoms. The number of anilines is 1. The van der Waals surface area contributed by atoms with Gasteiger partial charge in [0.2, 0.25) is 21.8 Å². The molecule has 2 aromatic carbocycles. The van der Waals surface area contributed by atoms with Crippen LogP contribution in [0.15, 0.2) is 42.5 Å². The van der Waals surface area contributed by atoms with E-state index in [4.69, 9.17) is 34.8 Å². The van der Waals surface area contributed by atoms with Gasteiger partial charge in [-0.15, -0.1) is 0 Å². The molecule has 0 aliphatic heterocycles. The minimum atomic E-state index is -3.82. The number of hydrogen-bond acceptors (Lipinski definition) is 4. The summed E-state index contributed by atoms with van der Waals surface area (Å²) in [6, 6.07) is 10.1. The maximum absolute atomic E-state index is 13.4. The highest BCUT2D eigenvalue weighted by molar-refractivity contribution is 7.92. The van der Waals surface area contributed by atoms with Gasteiger partial charge in [0.1, 0.15) is 12.6 Å². The molecule has 0 saturated carbocycles. The second-order valence-electron chi connectivity index (χ2n) is 7.01. The van der Waals surface area contributed by atoms with Crippen LogP contribution in [-0.2, 0) is 26.2 Å². The van der Waals surface area contributed by atoms with Crippen molar-refractivity contribution < 1.29 is 18.0 Å². The van der Waals surface area contributed by atoms with Gasteiger partial charge >= 0.3 is 0 Å². The fraction of sp³-hybridized carbons (Fsp3) is 0.333. The van der Waals surface area contributed by atoms with E-state index in [0.29, 0.717) is 27.1 Å². The molecule has 0 fully saturated rings. The van der Waals surface area contributed by atoms with E-state index in [2.05, 4.69) is 5.32 Å². The molecule has 0 heterocycles. The van der Waals surface area contributed by atoms with Crippen molar-refractivity contribution in [2.24, 2.45) is 0 Å². The van der Waals surface area contributed by atoms with E-state index in [1.807, 2.05) is 0 Å². The molecule has 0 spiro atoms. The molecule has 174 valence electrons. The molecule has 0 aromatic heterocycles. The summed E-state index contributed by atoms with van der Waals surface area (Å²) >= 11 is 18.5. The third-order valence-electron chi connectivity index (χ3n) is 4.82. The number of rotatable bonds is 9. The van der Waals surface area contributed by atoms with Gasteiger partial charge < -0.3 is 10.2 Å². The molecule has 2 rings (SSSR count). The van der Waals surface area contributed by atoms with Crippen LogP contribution >= 0.6 is 34.8 Å². The maximum Gasteiger partial charge on any atom is 0.244 e. The lowest BCUT2D eigenvalue weighted by atomic mass is 10.1. The maximum atomic E-state index is 13.4.